The van der Waals surface area contributed by atoms with Crippen LogP contribution in [0.2, 0.25) is 0 Å². The van der Waals surface area contributed by atoms with Gasteiger partial charge in [-0.3, -0.25) is 0 Å². The summed E-state index contributed by atoms with van der Waals surface area (Å²) in [5.41, 5.74) is 0. The first-order valence-electron chi connectivity index (χ1n) is 6.33. The van der Waals surface area contributed by atoms with E-state index in [1.807, 2.05) is 0 Å². The van der Waals surface area contributed by atoms with Crippen LogP contribution in [0.15, 0.2) is 21.6 Å². The van der Waals surface area contributed by atoms with Gasteiger partial charge in [-0.15, -0.1) is 6.42 Å². The Morgan fingerprint density at radius 3 is 2.84 bits per heavy atom. The Labute approximate surface area is 114 Å². The maximum absolute atomic E-state index is 12.2. The van der Waals surface area contributed by atoms with Gasteiger partial charge in [-0.2, -0.15) is 4.31 Å². The first-order chi connectivity index (χ1) is 9.07. The van der Waals surface area contributed by atoms with Crippen molar-refractivity contribution >= 4 is 10.0 Å². The average molecular weight is 282 g/mol. The number of hydrogen-bond acceptors (Lipinski definition) is 4. The van der Waals surface area contributed by atoms with Crippen molar-refractivity contribution < 1.29 is 12.8 Å². The van der Waals surface area contributed by atoms with Gasteiger partial charge in [-0.25, -0.2) is 8.42 Å². The summed E-state index contributed by atoms with van der Waals surface area (Å²) in [5, 5.41) is 3.23. The molecule has 1 heterocycles. The van der Waals surface area contributed by atoms with E-state index in [0.717, 1.165) is 0 Å². The number of furan rings is 1. The van der Waals surface area contributed by atoms with E-state index in [2.05, 4.69) is 11.2 Å². The Morgan fingerprint density at radius 1 is 1.53 bits per heavy atom. The minimum atomic E-state index is -3.62. The van der Waals surface area contributed by atoms with Crippen molar-refractivity contribution in [2.24, 2.45) is 0 Å². The summed E-state index contributed by atoms with van der Waals surface area (Å²) in [5.74, 6) is 2.97. The molecular formula is C13H18N2O3S. The molecule has 19 heavy (non-hydrogen) atoms. The van der Waals surface area contributed by atoms with E-state index in [1.54, 1.807) is 13.0 Å². The predicted molar refractivity (Wildman–Crippen MR) is 71.8 cm³/mol. The van der Waals surface area contributed by atoms with Gasteiger partial charge in [0.15, 0.2) is 0 Å². The van der Waals surface area contributed by atoms with E-state index in [-0.39, 0.29) is 11.6 Å². The molecule has 0 saturated heterocycles. The predicted octanol–water partition coefficient (Wildman–Crippen LogP) is 1.18. The SMILES string of the molecule is C#CCN(CC)S(=O)(=O)c1ccc(CNC2CC2)o1. The molecule has 1 N–H and O–H groups in total. The fourth-order valence-electron chi connectivity index (χ4n) is 1.72. The van der Waals surface area contributed by atoms with Gasteiger partial charge >= 0.3 is 0 Å². The van der Waals surface area contributed by atoms with Gasteiger partial charge in [0.05, 0.1) is 13.1 Å². The molecule has 0 amide bonds. The highest BCUT2D eigenvalue weighted by Gasteiger charge is 2.26. The number of nitrogens with one attached hydrogen (secondary N) is 1. The van der Waals surface area contributed by atoms with E-state index < -0.39 is 10.0 Å². The molecule has 0 spiro atoms. The van der Waals surface area contributed by atoms with Crippen LogP contribution in [0.1, 0.15) is 25.5 Å². The van der Waals surface area contributed by atoms with Crippen LogP contribution in [0, 0.1) is 12.3 Å². The molecule has 0 aromatic carbocycles. The van der Waals surface area contributed by atoms with Crippen LogP contribution in [0.4, 0.5) is 0 Å². The van der Waals surface area contributed by atoms with E-state index in [4.69, 9.17) is 10.8 Å². The summed E-state index contributed by atoms with van der Waals surface area (Å²) in [6.07, 6.45) is 7.53. The van der Waals surface area contributed by atoms with Gasteiger partial charge in [0.25, 0.3) is 10.0 Å². The molecule has 104 valence electrons. The van der Waals surface area contributed by atoms with Gasteiger partial charge in [0.1, 0.15) is 5.76 Å². The van der Waals surface area contributed by atoms with E-state index in [9.17, 15) is 8.42 Å². The molecule has 1 aliphatic rings. The van der Waals surface area contributed by atoms with Crippen LogP contribution in [0.3, 0.4) is 0 Å². The van der Waals surface area contributed by atoms with Crippen LogP contribution in [-0.4, -0.2) is 31.9 Å². The summed E-state index contributed by atoms with van der Waals surface area (Å²) in [7, 11) is -3.62. The Hall–Kier alpha value is -1.29. The largest absolute Gasteiger partial charge is 0.447 e. The topological polar surface area (TPSA) is 62.6 Å². The Morgan fingerprint density at radius 2 is 2.26 bits per heavy atom. The van der Waals surface area contributed by atoms with Crippen LogP contribution in [0.25, 0.3) is 0 Å². The zero-order chi connectivity index (χ0) is 13.9. The van der Waals surface area contributed by atoms with E-state index >= 15 is 0 Å². The highest BCUT2D eigenvalue weighted by Crippen LogP contribution is 2.21. The average Bonchev–Trinajstić information content (AvgIpc) is 3.09. The molecule has 1 aromatic heterocycles. The maximum Gasteiger partial charge on any atom is 0.277 e. The van der Waals surface area contributed by atoms with Crippen LogP contribution in [-0.2, 0) is 16.6 Å². The van der Waals surface area contributed by atoms with Gasteiger partial charge < -0.3 is 9.73 Å². The first-order valence-corrected chi connectivity index (χ1v) is 7.77. The lowest BCUT2D eigenvalue weighted by Crippen LogP contribution is -2.31. The molecule has 6 heteroatoms. The molecule has 0 aliphatic heterocycles. The standard InChI is InChI=1S/C13H18N2O3S/c1-3-9-15(4-2)19(16,17)13-8-7-12(18-13)10-14-11-5-6-11/h1,7-8,11,14H,4-6,9-10H2,2H3. The molecule has 1 fully saturated rings. The number of hydrogen-bond donors (Lipinski definition) is 1. The van der Waals surface area contributed by atoms with Crippen molar-refractivity contribution in [3.63, 3.8) is 0 Å². The monoisotopic (exact) mass is 282 g/mol. The third-order valence-corrected chi connectivity index (χ3v) is 4.79. The summed E-state index contributed by atoms with van der Waals surface area (Å²) >= 11 is 0. The van der Waals surface area contributed by atoms with Crippen molar-refractivity contribution in [2.75, 3.05) is 13.1 Å². The minimum Gasteiger partial charge on any atom is -0.447 e. The van der Waals surface area contributed by atoms with Crippen molar-refractivity contribution in [1.29, 1.82) is 0 Å². The molecule has 5 nitrogen and oxygen atoms in total. The Balaban J connectivity index is 2.08. The molecule has 0 radical (unpaired) electrons. The van der Waals surface area contributed by atoms with Crippen molar-refractivity contribution in [1.82, 2.24) is 9.62 Å². The van der Waals surface area contributed by atoms with E-state index in [1.165, 1.54) is 23.2 Å². The molecule has 1 saturated carbocycles. The Kier molecular flexibility index (Phi) is 4.30. The second-order valence-corrected chi connectivity index (χ2v) is 6.38. The van der Waals surface area contributed by atoms with Crippen molar-refractivity contribution in [2.45, 2.75) is 37.4 Å². The lowest BCUT2D eigenvalue weighted by atomic mass is 10.4. The van der Waals surface area contributed by atoms with Crippen molar-refractivity contribution in [3.05, 3.63) is 17.9 Å². The van der Waals surface area contributed by atoms with Gasteiger partial charge in [0.2, 0.25) is 5.09 Å². The second kappa shape index (κ2) is 5.78. The third kappa shape index (κ3) is 3.38. The van der Waals surface area contributed by atoms with Crippen LogP contribution in [0.5, 0.6) is 0 Å². The lowest BCUT2D eigenvalue weighted by molar-refractivity contribution is 0.378. The number of nitrogens with zero attached hydrogens (tertiary/aromatic N) is 1. The zero-order valence-electron chi connectivity index (χ0n) is 10.9. The summed E-state index contributed by atoms with van der Waals surface area (Å²) in [6.45, 7) is 2.67. The summed E-state index contributed by atoms with van der Waals surface area (Å²) in [6, 6.07) is 3.73. The Bertz CT molecular complexity index is 567. The lowest BCUT2D eigenvalue weighted by Gasteiger charge is -2.15. The van der Waals surface area contributed by atoms with Crippen LogP contribution >= 0.6 is 0 Å². The van der Waals surface area contributed by atoms with Gasteiger partial charge in [-0.05, 0) is 25.0 Å². The fraction of sp³-hybridized carbons (Fsp3) is 0.538. The van der Waals surface area contributed by atoms with E-state index in [0.29, 0.717) is 24.9 Å². The number of terminal acetylenes is 1. The first kappa shape index (κ1) is 14.1. The van der Waals surface area contributed by atoms with Gasteiger partial charge in [-0.1, -0.05) is 12.8 Å². The number of sulfonamides is 1. The summed E-state index contributed by atoms with van der Waals surface area (Å²) < 4.78 is 31.1. The maximum atomic E-state index is 12.2. The highest BCUT2D eigenvalue weighted by atomic mass is 32.2. The normalized spacial score (nSPS) is 15.6. The minimum absolute atomic E-state index is 0.0443. The smallest absolute Gasteiger partial charge is 0.277 e. The molecule has 0 atom stereocenters. The highest BCUT2D eigenvalue weighted by molar-refractivity contribution is 7.89. The third-order valence-electron chi connectivity index (χ3n) is 2.99. The molecule has 1 aromatic rings. The molecular weight excluding hydrogens is 264 g/mol. The van der Waals surface area contributed by atoms with Gasteiger partial charge in [0, 0.05) is 12.6 Å². The zero-order valence-corrected chi connectivity index (χ0v) is 11.7. The molecule has 2 rings (SSSR count). The molecule has 1 aliphatic carbocycles. The quantitative estimate of drug-likeness (QED) is 0.763. The van der Waals surface area contributed by atoms with Crippen LogP contribution < -0.4 is 5.32 Å². The fourth-order valence-corrected chi connectivity index (χ4v) is 3.01. The van der Waals surface area contributed by atoms with Crippen molar-refractivity contribution in [3.8, 4) is 12.3 Å². The molecule has 0 unspecified atom stereocenters. The second-order valence-electron chi connectivity index (χ2n) is 4.51. The molecule has 0 bridgehead atoms. The summed E-state index contributed by atoms with van der Waals surface area (Å²) in [4.78, 5) is 0. The number of rotatable bonds is 7.